The number of hydrazine groups is 1. The van der Waals surface area contributed by atoms with E-state index in [1.165, 1.54) is 0 Å². The fraction of sp³-hybridized carbons (Fsp3) is 0.214. The van der Waals surface area contributed by atoms with Gasteiger partial charge in [0.05, 0.1) is 12.2 Å². The number of nitrogens with one attached hydrogen (secondary N) is 1. The molecular formula is C14H16N2O4. The van der Waals surface area contributed by atoms with Crippen LogP contribution in [0.3, 0.4) is 0 Å². The van der Waals surface area contributed by atoms with Crippen molar-refractivity contribution in [3.05, 3.63) is 53.0 Å². The van der Waals surface area contributed by atoms with Gasteiger partial charge < -0.3 is 14.3 Å². The Morgan fingerprint density at radius 2 is 2.10 bits per heavy atom. The van der Waals surface area contributed by atoms with E-state index in [1.54, 1.807) is 37.3 Å². The minimum Gasteiger partial charge on any atom is -0.486 e. The molecule has 1 aromatic carbocycles. The summed E-state index contributed by atoms with van der Waals surface area (Å²) in [5.41, 5.74) is 3.26. The molecule has 6 heteroatoms. The normalized spacial score (nSPS) is 10.3. The van der Waals surface area contributed by atoms with E-state index in [9.17, 15) is 4.79 Å². The van der Waals surface area contributed by atoms with E-state index in [2.05, 4.69) is 5.43 Å². The Labute approximate surface area is 116 Å². The highest BCUT2D eigenvalue weighted by molar-refractivity contribution is 5.94. The summed E-state index contributed by atoms with van der Waals surface area (Å²) in [6.45, 7) is 1.89. The molecule has 106 valence electrons. The maximum Gasteiger partial charge on any atom is 0.268 e. The molecule has 0 saturated heterocycles. The van der Waals surface area contributed by atoms with Gasteiger partial charge in [-0.15, -0.1) is 0 Å². The van der Waals surface area contributed by atoms with Crippen LogP contribution in [-0.4, -0.2) is 11.0 Å². The Bertz CT molecular complexity index is 590. The predicted octanol–water partition coefficient (Wildman–Crippen LogP) is 1.26. The molecule has 0 fully saturated rings. The van der Waals surface area contributed by atoms with Crippen molar-refractivity contribution in [3.63, 3.8) is 0 Å². The van der Waals surface area contributed by atoms with Crippen molar-refractivity contribution < 1.29 is 19.1 Å². The van der Waals surface area contributed by atoms with Gasteiger partial charge in [0.1, 0.15) is 23.9 Å². The van der Waals surface area contributed by atoms with Gasteiger partial charge in [0.2, 0.25) is 0 Å². The highest BCUT2D eigenvalue weighted by atomic mass is 16.5. The number of furan rings is 1. The van der Waals surface area contributed by atoms with Crippen LogP contribution in [-0.2, 0) is 13.2 Å². The lowest BCUT2D eigenvalue weighted by molar-refractivity contribution is 0.0952. The van der Waals surface area contributed by atoms with E-state index in [0.29, 0.717) is 22.8 Å². The monoisotopic (exact) mass is 276 g/mol. The highest BCUT2D eigenvalue weighted by Crippen LogP contribution is 2.18. The van der Waals surface area contributed by atoms with Gasteiger partial charge in [-0.2, -0.15) is 0 Å². The number of amides is 1. The molecule has 0 aliphatic heterocycles. The molecule has 1 heterocycles. The number of hydrogen-bond donors (Lipinski definition) is 3. The molecule has 0 bridgehead atoms. The first kappa shape index (κ1) is 14.1. The first-order chi connectivity index (χ1) is 9.63. The maximum atomic E-state index is 11.4. The zero-order chi connectivity index (χ0) is 14.5. The van der Waals surface area contributed by atoms with Crippen LogP contribution >= 0.6 is 0 Å². The van der Waals surface area contributed by atoms with Crippen molar-refractivity contribution in [1.29, 1.82) is 0 Å². The van der Waals surface area contributed by atoms with Crippen LogP contribution in [0.5, 0.6) is 5.75 Å². The van der Waals surface area contributed by atoms with Crippen LogP contribution in [0.4, 0.5) is 0 Å². The molecule has 20 heavy (non-hydrogen) atoms. The number of aliphatic hydroxyl groups is 1. The molecule has 2 rings (SSSR count). The van der Waals surface area contributed by atoms with Crippen molar-refractivity contribution in [2.24, 2.45) is 5.84 Å². The van der Waals surface area contributed by atoms with Crippen molar-refractivity contribution in [1.82, 2.24) is 5.43 Å². The highest BCUT2D eigenvalue weighted by Gasteiger charge is 2.14. The molecular weight excluding hydrogens is 260 g/mol. The van der Waals surface area contributed by atoms with Crippen molar-refractivity contribution in [3.8, 4) is 5.75 Å². The molecule has 0 radical (unpaired) electrons. The molecule has 4 N–H and O–H groups in total. The van der Waals surface area contributed by atoms with Crippen molar-refractivity contribution >= 4 is 5.91 Å². The smallest absolute Gasteiger partial charge is 0.268 e. The van der Waals surface area contributed by atoms with Gasteiger partial charge in [0, 0.05) is 0 Å². The van der Waals surface area contributed by atoms with Gasteiger partial charge in [0.15, 0.2) is 0 Å². The number of carbonyl (C=O) groups excluding carboxylic acids is 1. The van der Waals surface area contributed by atoms with Crippen LogP contribution < -0.4 is 16.0 Å². The SMILES string of the molecule is Cc1oc(COc2ccc(CO)cc2)cc1C(=O)NN. The Morgan fingerprint density at radius 3 is 2.70 bits per heavy atom. The third kappa shape index (κ3) is 3.17. The van der Waals surface area contributed by atoms with Gasteiger partial charge in [-0.05, 0) is 30.7 Å². The Balaban J connectivity index is 2.01. The molecule has 0 aliphatic carbocycles. The van der Waals surface area contributed by atoms with Gasteiger partial charge >= 0.3 is 0 Å². The number of carbonyl (C=O) groups is 1. The first-order valence-electron chi connectivity index (χ1n) is 6.07. The number of hydrogen-bond acceptors (Lipinski definition) is 5. The number of nitrogens with two attached hydrogens (primary N) is 1. The number of aliphatic hydroxyl groups excluding tert-OH is 1. The maximum absolute atomic E-state index is 11.4. The first-order valence-corrected chi connectivity index (χ1v) is 6.07. The van der Waals surface area contributed by atoms with Gasteiger partial charge in [0.25, 0.3) is 5.91 Å². The number of nitrogen functional groups attached to an aromatic ring is 1. The third-order valence-corrected chi connectivity index (χ3v) is 2.83. The van der Waals surface area contributed by atoms with E-state index in [4.69, 9.17) is 20.1 Å². The molecule has 1 aromatic heterocycles. The lowest BCUT2D eigenvalue weighted by atomic mass is 10.2. The fourth-order valence-corrected chi connectivity index (χ4v) is 1.76. The summed E-state index contributed by atoms with van der Waals surface area (Å²) in [5.74, 6) is 6.36. The molecule has 0 atom stereocenters. The summed E-state index contributed by atoms with van der Waals surface area (Å²) < 4.78 is 11.0. The molecule has 0 saturated carbocycles. The van der Waals surface area contributed by atoms with Crippen LogP contribution in [0.15, 0.2) is 34.7 Å². The Hall–Kier alpha value is -2.31. The average molecular weight is 276 g/mol. The summed E-state index contributed by atoms with van der Waals surface area (Å²) in [6, 6.07) is 8.66. The summed E-state index contributed by atoms with van der Waals surface area (Å²) in [5, 5.41) is 8.94. The summed E-state index contributed by atoms with van der Waals surface area (Å²) >= 11 is 0. The number of aryl methyl sites for hydroxylation is 1. The molecule has 0 spiro atoms. The van der Waals surface area contributed by atoms with E-state index in [1.807, 2.05) is 0 Å². The van der Waals surface area contributed by atoms with Crippen LogP contribution in [0.2, 0.25) is 0 Å². The standard InChI is InChI=1S/C14H16N2O4/c1-9-13(14(18)16-15)6-12(20-9)8-19-11-4-2-10(7-17)3-5-11/h2-6,17H,7-8,15H2,1H3,(H,16,18). The molecule has 2 aromatic rings. The quantitative estimate of drug-likeness (QED) is 0.434. The summed E-state index contributed by atoms with van der Waals surface area (Å²) in [7, 11) is 0. The minimum atomic E-state index is -0.398. The molecule has 1 amide bonds. The average Bonchev–Trinajstić information content (AvgIpc) is 2.86. The van der Waals surface area contributed by atoms with Crippen LogP contribution in [0, 0.1) is 6.92 Å². The van der Waals surface area contributed by atoms with E-state index in [-0.39, 0.29) is 13.2 Å². The van der Waals surface area contributed by atoms with Crippen LogP contribution in [0.25, 0.3) is 0 Å². The number of benzene rings is 1. The number of rotatable bonds is 5. The van der Waals surface area contributed by atoms with E-state index < -0.39 is 5.91 Å². The van der Waals surface area contributed by atoms with Gasteiger partial charge in [-0.1, -0.05) is 12.1 Å². The second-order valence-corrected chi connectivity index (χ2v) is 4.25. The fourth-order valence-electron chi connectivity index (χ4n) is 1.76. The third-order valence-electron chi connectivity index (χ3n) is 2.83. The van der Waals surface area contributed by atoms with E-state index in [0.717, 1.165) is 5.56 Å². The number of ether oxygens (including phenoxy) is 1. The minimum absolute atomic E-state index is 0.00474. The summed E-state index contributed by atoms with van der Waals surface area (Å²) in [4.78, 5) is 11.4. The topological polar surface area (TPSA) is 97.7 Å². The predicted molar refractivity (Wildman–Crippen MR) is 71.8 cm³/mol. The van der Waals surface area contributed by atoms with Crippen LogP contribution in [0.1, 0.15) is 27.4 Å². The van der Waals surface area contributed by atoms with E-state index >= 15 is 0 Å². The second-order valence-electron chi connectivity index (χ2n) is 4.25. The largest absolute Gasteiger partial charge is 0.486 e. The summed E-state index contributed by atoms with van der Waals surface area (Å²) in [6.07, 6.45) is 0. The second kappa shape index (κ2) is 6.23. The Morgan fingerprint density at radius 1 is 1.40 bits per heavy atom. The van der Waals surface area contributed by atoms with Crippen molar-refractivity contribution in [2.75, 3.05) is 0 Å². The molecule has 6 nitrogen and oxygen atoms in total. The van der Waals surface area contributed by atoms with Crippen molar-refractivity contribution in [2.45, 2.75) is 20.1 Å². The lowest BCUT2D eigenvalue weighted by Gasteiger charge is -2.04. The van der Waals surface area contributed by atoms with Gasteiger partial charge in [-0.3, -0.25) is 10.2 Å². The van der Waals surface area contributed by atoms with Gasteiger partial charge in [-0.25, -0.2) is 5.84 Å². The lowest BCUT2D eigenvalue weighted by Crippen LogP contribution is -2.30. The zero-order valence-electron chi connectivity index (χ0n) is 11.1. The molecule has 0 aliphatic rings. The zero-order valence-corrected chi connectivity index (χ0v) is 11.1. The molecule has 0 unspecified atom stereocenters. The Kier molecular flexibility index (Phi) is 4.39.